The number of benzene rings is 2. The molecule has 32 heavy (non-hydrogen) atoms. The van der Waals surface area contributed by atoms with E-state index in [4.69, 9.17) is 4.74 Å². The first-order valence-corrected chi connectivity index (χ1v) is 10.4. The van der Waals surface area contributed by atoms with Crippen LogP contribution in [0.3, 0.4) is 0 Å². The van der Waals surface area contributed by atoms with Crippen molar-refractivity contribution in [1.82, 2.24) is 10.3 Å². The van der Waals surface area contributed by atoms with E-state index in [0.29, 0.717) is 36.0 Å². The first kappa shape index (κ1) is 23.3. The number of nitrogens with one attached hydrogen (secondary N) is 2. The number of ketones is 1. The predicted octanol–water partition coefficient (Wildman–Crippen LogP) is 4.63. The Kier molecular flexibility index (Phi) is 7.47. The Morgan fingerprint density at radius 2 is 1.72 bits per heavy atom. The number of rotatable bonds is 9. The van der Waals surface area contributed by atoms with Gasteiger partial charge in [0.15, 0.2) is 5.13 Å². The molecule has 3 rings (SSSR count). The number of nitrogens with zero attached hydrogens (tertiary/aromatic N) is 1. The Balaban J connectivity index is 1.51. The van der Waals surface area contributed by atoms with Crippen molar-refractivity contribution in [2.24, 2.45) is 0 Å². The molecule has 0 atom stereocenters. The number of halogens is 3. The van der Waals surface area contributed by atoms with Gasteiger partial charge in [0.25, 0.3) is 5.91 Å². The number of para-hydroxylation sites is 1. The van der Waals surface area contributed by atoms with E-state index < -0.39 is 23.1 Å². The zero-order valence-electron chi connectivity index (χ0n) is 17.0. The lowest BCUT2D eigenvalue weighted by Gasteiger charge is -2.10. The van der Waals surface area contributed by atoms with Gasteiger partial charge in [0, 0.05) is 18.7 Å². The Morgan fingerprint density at radius 1 is 1.03 bits per heavy atom. The molecule has 0 saturated carbocycles. The summed E-state index contributed by atoms with van der Waals surface area (Å²) in [5.74, 6) is -0.504. The standard InChI is InChI=1S/C22H20F3N3O3S/c1-31-17-10-5-3-8-15(17)20(30)26-11-6-12-27-21-28-13-18(32-21)19(29)14-7-2-4-9-16(14)22(23,24)25/h2-5,7-10,13H,6,11-12H2,1H3,(H,26,30)(H,27,28). The summed E-state index contributed by atoms with van der Waals surface area (Å²) in [6.07, 6.45) is -2.79. The first-order chi connectivity index (χ1) is 15.3. The molecular formula is C22H20F3N3O3S. The molecular weight excluding hydrogens is 443 g/mol. The Bertz CT molecular complexity index is 1100. The van der Waals surface area contributed by atoms with E-state index in [0.717, 1.165) is 23.5 Å². The van der Waals surface area contributed by atoms with Crippen LogP contribution >= 0.6 is 11.3 Å². The number of alkyl halides is 3. The van der Waals surface area contributed by atoms with Crippen molar-refractivity contribution >= 4 is 28.2 Å². The molecule has 0 aliphatic carbocycles. The molecule has 2 aromatic carbocycles. The lowest BCUT2D eigenvalue weighted by molar-refractivity contribution is -0.137. The minimum Gasteiger partial charge on any atom is -0.496 e. The maximum atomic E-state index is 13.2. The zero-order chi connectivity index (χ0) is 23.1. The van der Waals surface area contributed by atoms with Crippen LogP contribution in [0.15, 0.2) is 54.7 Å². The van der Waals surface area contributed by atoms with Gasteiger partial charge in [-0.25, -0.2) is 4.98 Å². The molecule has 1 heterocycles. The minimum atomic E-state index is -4.62. The fraction of sp³-hybridized carbons (Fsp3) is 0.227. The third-order valence-corrected chi connectivity index (χ3v) is 5.43. The van der Waals surface area contributed by atoms with Gasteiger partial charge in [-0.3, -0.25) is 9.59 Å². The first-order valence-electron chi connectivity index (χ1n) is 9.63. The summed E-state index contributed by atoms with van der Waals surface area (Å²) in [7, 11) is 1.49. The van der Waals surface area contributed by atoms with Gasteiger partial charge in [0.05, 0.1) is 29.3 Å². The summed E-state index contributed by atoms with van der Waals surface area (Å²) >= 11 is 0.978. The van der Waals surface area contributed by atoms with E-state index in [1.807, 2.05) is 0 Å². The topological polar surface area (TPSA) is 80.3 Å². The van der Waals surface area contributed by atoms with Crippen molar-refractivity contribution in [3.05, 3.63) is 76.3 Å². The van der Waals surface area contributed by atoms with E-state index in [1.54, 1.807) is 24.3 Å². The number of ether oxygens (including phenoxy) is 1. The van der Waals surface area contributed by atoms with E-state index in [9.17, 15) is 22.8 Å². The minimum absolute atomic E-state index is 0.105. The molecule has 3 aromatic rings. The summed E-state index contributed by atoms with van der Waals surface area (Å²) < 4.78 is 44.6. The van der Waals surface area contributed by atoms with Gasteiger partial charge in [-0.15, -0.1) is 0 Å². The number of amides is 1. The molecule has 6 nitrogen and oxygen atoms in total. The number of hydrogen-bond acceptors (Lipinski definition) is 6. The quantitative estimate of drug-likeness (QED) is 0.357. The van der Waals surface area contributed by atoms with Crippen LogP contribution in [-0.2, 0) is 6.18 Å². The van der Waals surface area contributed by atoms with Crippen LogP contribution in [0, 0.1) is 0 Å². The van der Waals surface area contributed by atoms with Gasteiger partial charge in [-0.05, 0) is 24.6 Å². The van der Waals surface area contributed by atoms with E-state index in [1.165, 1.54) is 25.4 Å². The third kappa shape index (κ3) is 5.64. The summed E-state index contributed by atoms with van der Waals surface area (Å²) in [5, 5.41) is 6.21. The van der Waals surface area contributed by atoms with Gasteiger partial charge < -0.3 is 15.4 Å². The second-order valence-electron chi connectivity index (χ2n) is 6.64. The van der Waals surface area contributed by atoms with Crippen molar-refractivity contribution in [1.29, 1.82) is 0 Å². The summed E-state index contributed by atoms with van der Waals surface area (Å²) in [6, 6.07) is 11.5. The molecule has 0 spiro atoms. The van der Waals surface area contributed by atoms with Crippen molar-refractivity contribution in [3.8, 4) is 5.75 Å². The van der Waals surface area contributed by atoms with Crippen LogP contribution in [0.1, 0.15) is 37.6 Å². The lowest BCUT2D eigenvalue weighted by atomic mass is 10.0. The highest BCUT2D eigenvalue weighted by Gasteiger charge is 2.35. The smallest absolute Gasteiger partial charge is 0.417 e. The Labute approximate surface area is 186 Å². The maximum absolute atomic E-state index is 13.2. The number of thiazole rings is 1. The van der Waals surface area contributed by atoms with Gasteiger partial charge in [-0.2, -0.15) is 13.2 Å². The van der Waals surface area contributed by atoms with Crippen LogP contribution in [0.4, 0.5) is 18.3 Å². The molecule has 1 amide bonds. The number of anilines is 1. The number of carbonyl (C=O) groups is 2. The molecule has 0 bridgehead atoms. The fourth-order valence-corrected chi connectivity index (χ4v) is 3.73. The molecule has 168 valence electrons. The Hall–Kier alpha value is -3.40. The van der Waals surface area contributed by atoms with Crippen molar-refractivity contribution < 1.29 is 27.5 Å². The lowest BCUT2D eigenvalue weighted by Crippen LogP contribution is -2.26. The van der Waals surface area contributed by atoms with Crippen LogP contribution in [0.25, 0.3) is 0 Å². The molecule has 0 radical (unpaired) electrons. The fourth-order valence-electron chi connectivity index (χ4n) is 2.93. The number of methoxy groups -OCH3 is 1. The molecule has 2 N–H and O–H groups in total. The third-order valence-electron chi connectivity index (χ3n) is 4.47. The SMILES string of the molecule is COc1ccccc1C(=O)NCCCNc1ncc(C(=O)c2ccccc2C(F)(F)F)s1. The van der Waals surface area contributed by atoms with Gasteiger partial charge in [-0.1, -0.05) is 41.7 Å². The average molecular weight is 463 g/mol. The second kappa shape index (κ2) is 10.3. The predicted molar refractivity (Wildman–Crippen MR) is 115 cm³/mol. The highest BCUT2D eigenvalue weighted by Crippen LogP contribution is 2.33. The summed E-state index contributed by atoms with van der Waals surface area (Å²) in [5.41, 5.74) is -0.946. The van der Waals surface area contributed by atoms with Crippen LogP contribution in [0.2, 0.25) is 0 Å². The number of carbonyl (C=O) groups excluding carboxylic acids is 2. The highest BCUT2D eigenvalue weighted by atomic mass is 32.1. The molecule has 1 aromatic heterocycles. The van der Waals surface area contributed by atoms with Gasteiger partial charge >= 0.3 is 6.18 Å². The van der Waals surface area contributed by atoms with Crippen molar-refractivity contribution in [3.63, 3.8) is 0 Å². The molecule has 0 aliphatic heterocycles. The largest absolute Gasteiger partial charge is 0.496 e. The summed E-state index contributed by atoms with van der Waals surface area (Å²) in [6.45, 7) is 0.840. The summed E-state index contributed by atoms with van der Waals surface area (Å²) in [4.78, 5) is 28.9. The van der Waals surface area contributed by atoms with Crippen molar-refractivity contribution in [2.45, 2.75) is 12.6 Å². The van der Waals surface area contributed by atoms with E-state index in [2.05, 4.69) is 15.6 Å². The van der Waals surface area contributed by atoms with E-state index in [-0.39, 0.29) is 10.8 Å². The van der Waals surface area contributed by atoms with Crippen LogP contribution in [0.5, 0.6) is 5.75 Å². The van der Waals surface area contributed by atoms with Crippen molar-refractivity contribution in [2.75, 3.05) is 25.5 Å². The monoisotopic (exact) mass is 463 g/mol. The van der Waals surface area contributed by atoms with Crippen LogP contribution in [-0.4, -0.2) is 36.9 Å². The zero-order valence-corrected chi connectivity index (χ0v) is 17.8. The second-order valence-corrected chi connectivity index (χ2v) is 7.67. The maximum Gasteiger partial charge on any atom is 0.417 e. The molecule has 0 saturated heterocycles. The number of hydrogen-bond donors (Lipinski definition) is 2. The Morgan fingerprint density at radius 3 is 2.44 bits per heavy atom. The molecule has 0 fully saturated rings. The van der Waals surface area contributed by atoms with Crippen LogP contribution < -0.4 is 15.4 Å². The molecule has 10 heteroatoms. The number of aromatic nitrogens is 1. The molecule has 0 aliphatic rings. The highest BCUT2D eigenvalue weighted by molar-refractivity contribution is 7.17. The van der Waals surface area contributed by atoms with E-state index >= 15 is 0 Å². The normalized spacial score (nSPS) is 11.1. The average Bonchev–Trinajstić information content (AvgIpc) is 3.26. The molecule has 0 unspecified atom stereocenters. The van der Waals surface area contributed by atoms with Gasteiger partial charge in [0.1, 0.15) is 5.75 Å². The van der Waals surface area contributed by atoms with Gasteiger partial charge in [0.2, 0.25) is 5.78 Å².